The molecule has 4 nitrogen and oxygen atoms in total. The Morgan fingerprint density at radius 2 is 1.95 bits per heavy atom. The van der Waals surface area contributed by atoms with Gasteiger partial charge in [-0.15, -0.1) is 0 Å². The molecule has 0 spiro atoms. The van der Waals surface area contributed by atoms with Crippen molar-refractivity contribution in [3.05, 3.63) is 29.6 Å². The third kappa shape index (κ3) is 4.52. The maximum Gasteiger partial charge on any atom is 0.253 e. The first-order valence-corrected chi connectivity index (χ1v) is 6.44. The molecule has 0 saturated heterocycles. The molecule has 19 heavy (non-hydrogen) atoms. The maximum absolute atomic E-state index is 13.1. The SMILES string of the molecule is CCCN(CCN(C)C)C(=O)c1ccc(F)c(N)c1. The molecule has 0 bridgehead atoms. The van der Waals surface area contributed by atoms with E-state index in [2.05, 4.69) is 0 Å². The van der Waals surface area contributed by atoms with E-state index in [1.54, 1.807) is 4.90 Å². The van der Waals surface area contributed by atoms with E-state index in [0.717, 1.165) is 13.0 Å². The van der Waals surface area contributed by atoms with Crippen LogP contribution in [0.5, 0.6) is 0 Å². The smallest absolute Gasteiger partial charge is 0.253 e. The molecule has 0 heterocycles. The molecule has 0 aliphatic rings. The molecular formula is C14H22FN3O. The molecule has 0 aliphatic carbocycles. The second-order valence-electron chi connectivity index (χ2n) is 4.83. The third-order valence-electron chi connectivity index (χ3n) is 2.84. The lowest BCUT2D eigenvalue weighted by atomic mass is 10.1. The fourth-order valence-electron chi connectivity index (χ4n) is 1.76. The van der Waals surface area contributed by atoms with Crippen LogP contribution in [0.2, 0.25) is 0 Å². The Hall–Kier alpha value is -1.62. The van der Waals surface area contributed by atoms with E-state index in [1.165, 1.54) is 18.2 Å². The summed E-state index contributed by atoms with van der Waals surface area (Å²) in [5.41, 5.74) is 5.95. The summed E-state index contributed by atoms with van der Waals surface area (Å²) < 4.78 is 13.1. The van der Waals surface area contributed by atoms with Crippen molar-refractivity contribution in [3.63, 3.8) is 0 Å². The summed E-state index contributed by atoms with van der Waals surface area (Å²) in [5.74, 6) is -0.595. The number of benzene rings is 1. The molecular weight excluding hydrogens is 245 g/mol. The van der Waals surface area contributed by atoms with E-state index in [9.17, 15) is 9.18 Å². The zero-order valence-corrected chi connectivity index (χ0v) is 11.8. The number of anilines is 1. The monoisotopic (exact) mass is 267 g/mol. The van der Waals surface area contributed by atoms with Gasteiger partial charge in [-0.25, -0.2) is 4.39 Å². The largest absolute Gasteiger partial charge is 0.396 e. The van der Waals surface area contributed by atoms with Gasteiger partial charge in [-0.3, -0.25) is 4.79 Å². The summed E-state index contributed by atoms with van der Waals surface area (Å²) in [6, 6.07) is 4.11. The molecule has 0 radical (unpaired) electrons. The number of carbonyl (C=O) groups is 1. The lowest BCUT2D eigenvalue weighted by molar-refractivity contribution is 0.0745. The Balaban J connectivity index is 2.82. The number of nitrogens with two attached hydrogens (primary N) is 1. The van der Waals surface area contributed by atoms with Crippen molar-refractivity contribution in [1.29, 1.82) is 0 Å². The van der Waals surface area contributed by atoms with Crippen molar-refractivity contribution >= 4 is 11.6 Å². The van der Waals surface area contributed by atoms with Crippen LogP contribution in [-0.2, 0) is 0 Å². The van der Waals surface area contributed by atoms with Gasteiger partial charge < -0.3 is 15.5 Å². The lowest BCUT2D eigenvalue weighted by Crippen LogP contribution is -2.37. The number of nitrogen functional groups attached to an aromatic ring is 1. The predicted molar refractivity (Wildman–Crippen MR) is 75.6 cm³/mol. The molecule has 1 amide bonds. The van der Waals surface area contributed by atoms with Crippen LogP contribution >= 0.6 is 0 Å². The molecule has 0 aromatic heterocycles. The zero-order valence-electron chi connectivity index (χ0n) is 11.8. The highest BCUT2D eigenvalue weighted by Crippen LogP contribution is 2.14. The average molecular weight is 267 g/mol. The molecule has 106 valence electrons. The second kappa shape index (κ2) is 7.09. The Bertz CT molecular complexity index is 435. The first-order chi connectivity index (χ1) is 8.95. The third-order valence-corrected chi connectivity index (χ3v) is 2.84. The van der Waals surface area contributed by atoms with Gasteiger partial charge in [0.25, 0.3) is 5.91 Å². The number of amides is 1. The van der Waals surface area contributed by atoms with Crippen LogP contribution in [0.4, 0.5) is 10.1 Å². The van der Waals surface area contributed by atoms with E-state index in [0.29, 0.717) is 18.7 Å². The molecule has 1 aromatic carbocycles. The highest BCUT2D eigenvalue weighted by Gasteiger charge is 2.16. The Morgan fingerprint density at radius 1 is 1.26 bits per heavy atom. The molecule has 0 saturated carbocycles. The van der Waals surface area contributed by atoms with Crippen LogP contribution in [-0.4, -0.2) is 49.4 Å². The van der Waals surface area contributed by atoms with Gasteiger partial charge in [-0.05, 0) is 38.7 Å². The number of nitrogens with zero attached hydrogens (tertiary/aromatic N) is 2. The fourth-order valence-corrected chi connectivity index (χ4v) is 1.76. The summed E-state index contributed by atoms with van der Waals surface area (Å²) in [6.45, 7) is 4.15. The molecule has 0 unspecified atom stereocenters. The molecule has 1 aromatic rings. The van der Waals surface area contributed by atoms with Gasteiger partial charge in [0.2, 0.25) is 0 Å². The molecule has 5 heteroatoms. The normalized spacial score (nSPS) is 10.8. The van der Waals surface area contributed by atoms with Gasteiger partial charge in [-0.1, -0.05) is 6.92 Å². The molecule has 0 aliphatic heterocycles. The molecule has 0 atom stereocenters. The standard InChI is InChI=1S/C14H22FN3O/c1-4-7-18(9-8-17(2)3)14(19)11-5-6-12(15)13(16)10-11/h5-6,10H,4,7-9,16H2,1-3H3. The van der Waals surface area contributed by atoms with E-state index >= 15 is 0 Å². The van der Waals surface area contributed by atoms with Crippen LogP contribution in [0.3, 0.4) is 0 Å². The number of hydrogen-bond acceptors (Lipinski definition) is 3. The van der Waals surface area contributed by atoms with Crippen LogP contribution in [0.15, 0.2) is 18.2 Å². The Labute approximate surface area is 114 Å². The number of halogens is 1. The van der Waals surface area contributed by atoms with E-state index in [4.69, 9.17) is 5.73 Å². The number of hydrogen-bond donors (Lipinski definition) is 1. The van der Waals surface area contributed by atoms with Crippen LogP contribution in [0.25, 0.3) is 0 Å². The minimum atomic E-state index is -0.494. The number of carbonyl (C=O) groups excluding carboxylic acids is 1. The highest BCUT2D eigenvalue weighted by molar-refractivity contribution is 5.95. The average Bonchev–Trinajstić information content (AvgIpc) is 2.36. The summed E-state index contributed by atoms with van der Waals surface area (Å²) in [5, 5.41) is 0. The fraction of sp³-hybridized carbons (Fsp3) is 0.500. The lowest BCUT2D eigenvalue weighted by Gasteiger charge is -2.24. The summed E-state index contributed by atoms with van der Waals surface area (Å²) in [6.07, 6.45) is 0.885. The Kier molecular flexibility index (Phi) is 5.76. The number of rotatable bonds is 6. The molecule has 2 N–H and O–H groups in total. The van der Waals surface area contributed by atoms with E-state index in [-0.39, 0.29) is 11.6 Å². The zero-order chi connectivity index (χ0) is 14.4. The number of likely N-dealkylation sites (N-methyl/N-ethyl adjacent to an activating group) is 1. The van der Waals surface area contributed by atoms with Gasteiger partial charge >= 0.3 is 0 Å². The van der Waals surface area contributed by atoms with Gasteiger partial charge in [0.05, 0.1) is 5.69 Å². The first kappa shape index (κ1) is 15.4. The first-order valence-electron chi connectivity index (χ1n) is 6.44. The minimum absolute atomic E-state index is 0.00917. The van der Waals surface area contributed by atoms with Crippen molar-refractivity contribution in [3.8, 4) is 0 Å². The molecule has 0 fully saturated rings. The van der Waals surface area contributed by atoms with Crippen molar-refractivity contribution in [1.82, 2.24) is 9.80 Å². The summed E-state index contributed by atoms with van der Waals surface area (Å²) in [4.78, 5) is 16.1. The van der Waals surface area contributed by atoms with Gasteiger partial charge in [0.15, 0.2) is 0 Å². The van der Waals surface area contributed by atoms with Crippen LogP contribution < -0.4 is 5.73 Å². The van der Waals surface area contributed by atoms with Crippen LogP contribution in [0, 0.1) is 5.82 Å². The quantitative estimate of drug-likeness (QED) is 0.800. The van der Waals surface area contributed by atoms with Gasteiger partial charge in [-0.2, -0.15) is 0 Å². The summed E-state index contributed by atoms with van der Waals surface area (Å²) in [7, 11) is 3.93. The van der Waals surface area contributed by atoms with Crippen molar-refractivity contribution in [2.45, 2.75) is 13.3 Å². The van der Waals surface area contributed by atoms with Crippen molar-refractivity contribution in [2.75, 3.05) is 39.5 Å². The van der Waals surface area contributed by atoms with Crippen molar-refractivity contribution < 1.29 is 9.18 Å². The van der Waals surface area contributed by atoms with Crippen LogP contribution in [0.1, 0.15) is 23.7 Å². The topological polar surface area (TPSA) is 49.6 Å². The van der Waals surface area contributed by atoms with E-state index < -0.39 is 5.82 Å². The Morgan fingerprint density at radius 3 is 2.47 bits per heavy atom. The van der Waals surface area contributed by atoms with Crippen molar-refractivity contribution in [2.24, 2.45) is 0 Å². The maximum atomic E-state index is 13.1. The molecule has 1 rings (SSSR count). The van der Waals surface area contributed by atoms with Gasteiger partial charge in [0.1, 0.15) is 5.82 Å². The predicted octanol–water partition coefficient (Wildman–Crippen LogP) is 1.82. The highest BCUT2D eigenvalue weighted by atomic mass is 19.1. The summed E-state index contributed by atoms with van der Waals surface area (Å²) >= 11 is 0. The van der Waals surface area contributed by atoms with Gasteiger partial charge in [0, 0.05) is 25.2 Å². The second-order valence-corrected chi connectivity index (χ2v) is 4.83. The van der Waals surface area contributed by atoms with E-state index in [1.807, 2.05) is 25.9 Å². The minimum Gasteiger partial charge on any atom is -0.396 e.